The van der Waals surface area contributed by atoms with Crippen molar-refractivity contribution in [1.82, 2.24) is 5.32 Å². The highest BCUT2D eigenvalue weighted by Gasteiger charge is 2.14. The largest absolute Gasteiger partial charge is 0.496 e. The molecule has 0 saturated carbocycles. The van der Waals surface area contributed by atoms with Crippen LogP contribution in [0.3, 0.4) is 0 Å². The van der Waals surface area contributed by atoms with Gasteiger partial charge in [0.25, 0.3) is 0 Å². The third-order valence-electron chi connectivity index (χ3n) is 4.00. The normalized spacial score (nSPS) is 12.1. The standard InChI is InChI=1S/C20H21NO3/c1-23-20-12-16(15-6-3-2-4-7-15)9-10-17(20)13-21-18(14-22)19-8-5-11-24-19/h2-12,18,21-22H,13-14H2,1H3. The summed E-state index contributed by atoms with van der Waals surface area (Å²) >= 11 is 0. The van der Waals surface area contributed by atoms with Gasteiger partial charge in [-0.25, -0.2) is 0 Å². The Morgan fingerprint density at radius 1 is 1.04 bits per heavy atom. The molecule has 1 unspecified atom stereocenters. The molecule has 0 amide bonds. The van der Waals surface area contributed by atoms with Crippen LogP contribution in [0, 0.1) is 0 Å². The summed E-state index contributed by atoms with van der Waals surface area (Å²) in [7, 11) is 1.67. The van der Waals surface area contributed by atoms with Crippen molar-refractivity contribution < 1.29 is 14.3 Å². The monoisotopic (exact) mass is 323 g/mol. The molecule has 1 heterocycles. The lowest BCUT2D eigenvalue weighted by atomic mass is 10.0. The number of benzene rings is 2. The van der Waals surface area contributed by atoms with E-state index in [2.05, 4.69) is 23.5 Å². The van der Waals surface area contributed by atoms with Gasteiger partial charge in [-0.1, -0.05) is 42.5 Å². The van der Waals surface area contributed by atoms with E-state index in [9.17, 15) is 5.11 Å². The van der Waals surface area contributed by atoms with E-state index >= 15 is 0 Å². The third-order valence-corrected chi connectivity index (χ3v) is 4.00. The average Bonchev–Trinajstić information content (AvgIpc) is 3.17. The number of furan rings is 1. The smallest absolute Gasteiger partial charge is 0.123 e. The van der Waals surface area contributed by atoms with Crippen LogP contribution in [0.2, 0.25) is 0 Å². The number of aliphatic hydroxyl groups is 1. The molecular weight excluding hydrogens is 302 g/mol. The summed E-state index contributed by atoms with van der Waals surface area (Å²) in [6, 6.07) is 19.8. The summed E-state index contributed by atoms with van der Waals surface area (Å²) in [6.07, 6.45) is 1.61. The molecule has 0 aliphatic carbocycles. The number of ether oxygens (including phenoxy) is 1. The molecule has 2 aromatic carbocycles. The maximum absolute atomic E-state index is 9.54. The lowest BCUT2D eigenvalue weighted by Gasteiger charge is -2.16. The summed E-state index contributed by atoms with van der Waals surface area (Å²) in [6.45, 7) is 0.544. The summed E-state index contributed by atoms with van der Waals surface area (Å²) in [5.41, 5.74) is 3.29. The highest BCUT2D eigenvalue weighted by molar-refractivity contribution is 5.66. The van der Waals surface area contributed by atoms with E-state index < -0.39 is 0 Å². The van der Waals surface area contributed by atoms with Crippen molar-refractivity contribution >= 4 is 0 Å². The quantitative estimate of drug-likeness (QED) is 0.695. The molecule has 0 aliphatic heterocycles. The van der Waals surface area contributed by atoms with E-state index in [1.165, 1.54) is 0 Å². The van der Waals surface area contributed by atoms with E-state index in [0.29, 0.717) is 6.54 Å². The van der Waals surface area contributed by atoms with E-state index in [0.717, 1.165) is 28.2 Å². The van der Waals surface area contributed by atoms with Crippen molar-refractivity contribution in [2.24, 2.45) is 0 Å². The number of hydrogen-bond acceptors (Lipinski definition) is 4. The first-order chi connectivity index (χ1) is 11.8. The van der Waals surface area contributed by atoms with Gasteiger partial charge in [0.1, 0.15) is 11.5 Å². The third kappa shape index (κ3) is 3.67. The predicted octanol–water partition coefficient (Wildman–Crippen LogP) is 3.78. The Hall–Kier alpha value is -2.56. The Bertz CT molecular complexity index is 754. The zero-order valence-electron chi connectivity index (χ0n) is 13.6. The number of aliphatic hydroxyl groups excluding tert-OH is 1. The Morgan fingerprint density at radius 3 is 2.54 bits per heavy atom. The van der Waals surface area contributed by atoms with E-state index in [1.54, 1.807) is 13.4 Å². The van der Waals surface area contributed by atoms with Gasteiger partial charge in [0.15, 0.2) is 0 Å². The molecule has 0 bridgehead atoms. The summed E-state index contributed by atoms with van der Waals surface area (Å²) in [4.78, 5) is 0. The Kier molecular flexibility index (Phi) is 5.31. The minimum atomic E-state index is -0.237. The van der Waals surface area contributed by atoms with Gasteiger partial charge in [-0.2, -0.15) is 0 Å². The summed E-state index contributed by atoms with van der Waals surface area (Å²) in [5, 5.41) is 12.8. The van der Waals surface area contributed by atoms with Gasteiger partial charge >= 0.3 is 0 Å². The molecular formula is C20H21NO3. The minimum absolute atomic E-state index is 0.0298. The van der Waals surface area contributed by atoms with Gasteiger partial charge in [-0.3, -0.25) is 0 Å². The molecule has 24 heavy (non-hydrogen) atoms. The van der Waals surface area contributed by atoms with Crippen molar-refractivity contribution in [2.75, 3.05) is 13.7 Å². The van der Waals surface area contributed by atoms with Gasteiger partial charge in [-0.15, -0.1) is 0 Å². The first kappa shape index (κ1) is 16.3. The van der Waals surface area contributed by atoms with Crippen molar-refractivity contribution in [1.29, 1.82) is 0 Å². The fourth-order valence-electron chi connectivity index (χ4n) is 2.68. The highest BCUT2D eigenvalue weighted by Crippen LogP contribution is 2.27. The van der Waals surface area contributed by atoms with Crippen LogP contribution in [0.4, 0.5) is 0 Å². The molecule has 0 spiro atoms. The van der Waals surface area contributed by atoms with Crippen LogP contribution in [0.5, 0.6) is 5.75 Å². The minimum Gasteiger partial charge on any atom is -0.496 e. The number of rotatable bonds is 7. The molecule has 3 aromatic rings. The average molecular weight is 323 g/mol. The van der Waals surface area contributed by atoms with Crippen molar-refractivity contribution in [3.8, 4) is 16.9 Å². The fourth-order valence-corrected chi connectivity index (χ4v) is 2.68. The van der Waals surface area contributed by atoms with E-state index in [4.69, 9.17) is 9.15 Å². The van der Waals surface area contributed by atoms with Gasteiger partial charge in [0.05, 0.1) is 26.0 Å². The second-order valence-corrected chi connectivity index (χ2v) is 5.52. The predicted molar refractivity (Wildman–Crippen MR) is 93.8 cm³/mol. The molecule has 3 rings (SSSR count). The van der Waals surface area contributed by atoms with Crippen molar-refractivity contribution in [2.45, 2.75) is 12.6 Å². The topological polar surface area (TPSA) is 54.6 Å². The lowest BCUT2D eigenvalue weighted by molar-refractivity contribution is 0.225. The molecule has 4 heteroatoms. The van der Waals surface area contributed by atoms with E-state index in [1.807, 2.05) is 42.5 Å². The van der Waals surface area contributed by atoms with Crippen LogP contribution in [-0.2, 0) is 6.54 Å². The first-order valence-corrected chi connectivity index (χ1v) is 7.92. The van der Waals surface area contributed by atoms with Crippen LogP contribution in [0.15, 0.2) is 71.3 Å². The van der Waals surface area contributed by atoms with Crippen LogP contribution < -0.4 is 10.1 Å². The summed E-state index contributed by atoms with van der Waals surface area (Å²) < 4.78 is 10.9. The second-order valence-electron chi connectivity index (χ2n) is 5.52. The maximum Gasteiger partial charge on any atom is 0.123 e. The molecule has 124 valence electrons. The number of hydrogen-bond donors (Lipinski definition) is 2. The van der Waals surface area contributed by atoms with Gasteiger partial charge < -0.3 is 19.6 Å². The number of methoxy groups -OCH3 is 1. The fraction of sp³-hybridized carbons (Fsp3) is 0.200. The lowest BCUT2D eigenvalue weighted by Crippen LogP contribution is -2.23. The van der Waals surface area contributed by atoms with Gasteiger partial charge in [-0.05, 0) is 29.3 Å². The van der Waals surface area contributed by atoms with Gasteiger partial charge in [0, 0.05) is 12.1 Å². The maximum atomic E-state index is 9.54. The molecule has 1 aromatic heterocycles. The van der Waals surface area contributed by atoms with Gasteiger partial charge in [0.2, 0.25) is 0 Å². The number of nitrogens with one attached hydrogen (secondary N) is 1. The Morgan fingerprint density at radius 2 is 1.88 bits per heavy atom. The molecule has 0 aliphatic rings. The highest BCUT2D eigenvalue weighted by atomic mass is 16.5. The second kappa shape index (κ2) is 7.81. The Balaban J connectivity index is 1.76. The molecule has 2 N–H and O–H groups in total. The van der Waals surface area contributed by atoms with E-state index in [-0.39, 0.29) is 12.6 Å². The molecule has 0 fully saturated rings. The SMILES string of the molecule is COc1cc(-c2ccccc2)ccc1CNC(CO)c1ccco1. The van der Waals surface area contributed by atoms with Crippen molar-refractivity contribution in [3.63, 3.8) is 0 Å². The van der Waals surface area contributed by atoms with Crippen LogP contribution >= 0.6 is 0 Å². The van der Waals surface area contributed by atoms with Crippen LogP contribution in [-0.4, -0.2) is 18.8 Å². The van der Waals surface area contributed by atoms with Crippen molar-refractivity contribution in [3.05, 3.63) is 78.3 Å². The summed E-state index contributed by atoms with van der Waals surface area (Å²) in [5.74, 6) is 1.54. The first-order valence-electron chi connectivity index (χ1n) is 7.92. The molecule has 0 radical (unpaired) electrons. The van der Waals surface area contributed by atoms with Crippen LogP contribution in [0.1, 0.15) is 17.4 Å². The zero-order chi connectivity index (χ0) is 16.8. The molecule has 1 atom stereocenters. The molecule has 0 saturated heterocycles. The van der Waals surface area contributed by atoms with Crippen LogP contribution in [0.25, 0.3) is 11.1 Å². The zero-order valence-corrected chi connectivity index (χ0v) is 13.6. The molecule has 4 nitrogen and oxygen atoms in total. The Labute approximate surface area is 141 Å².